The lowest BCUT2D eigenvalue weighted by molar-refractivity contribution is -0.142. The summed E-state index contributed by atoms with van der Waals surface area (Å²) in [6.07, 6.45) is 0. The van der Waals surface area contributed by atoms with Gasteiger partial charge in [-0.2, -0.15) is 5.26 Å². The van der Waals surface area contributed by atoms with Crippen LogP contribution in [0.2, 0.25) is 0 Å². The lowest BCUT2D eigenvalue weighted by Gasteiger charge is -2.24. The monoisotopic (exact) mass is 384 g/mol. The van der Waals surface area contributed by atoms with Gasteiger partial charge in [0.15, 0.2) is 18.1 Å². The fraction of sp³-hybridized carbons (Fsp3) is 0.316. The quantitative estimate of drug-likeness (QED) is 0.722. The number of rotatable bonds is 6. The number of allylic oxidation sites excluding steroid dienone is 1. The summed E-state index contributed by atoms with van der Waals surface area (Å²) in [6, 6.07) is 7.35. The largest absolute Gasteiger partial charge is 0.490 e. The molecule has 0 amide bonds. The molecule has 0 saturated carbocycles. The van der Waals surface area contributed by atoms with Gasteiger partial charge >= 0.3 is 5.97 Å². The Morgan fingerprint density at radius 1 is 1.39 bits per heavy atom. The number of carbonyl (C=O) groups is 1. The Labute approximate surface area is 161 Å². The number of aromatic amines is 1. The molecule has 9 nitrogen and oxygen atoms in total. The molecule has 0 bridgehead atoms. The number of esters is 1. The van der Waals surface area contributed by atoms with Gasteiger partial charge in [-0.1, -0.05) is 6.07 Å². The van der Waals surface area contributed by atoms with Gasteiger partial charge in [-0.15, -0.1) is 5.10 Å². The molecule has 2 aromatic rings. The number of ether oxygens (including phenoxy) is 4. The van der Waals surface area contributed by atoms with Crippen LogP contribution in [0.25, 0.3) is 0 Å². The van der Waals surface area contributed by atoms with E-state index >= 15 is 0 Å². The van der Waals surface area contributed by atoms with Crippen LogP contribution in [0, 0.1) is 18.3 Å². The van der Waals surface area contributed by atoms with Crippen LogP contribution in [0.5, 0.6) is 17.4 Å². The molecule has 9 heteroatoms. The molecular formula is C19H20N4O5. The topological polar surface area (TPSA) is 132 Å². The number of methoxy groups -OCH3 is 1. The van der Waals surface area contributed by atoms with E-state index in [2.05, 4.69) is 21.0 Å². The zero-order chi connectivity index (χ0) is 20.3. The number of carbonyl (C=O) groups excluding carboxylic acids is 1. The fourth-order valence-electron chi connectivity index (χ4n) is 3.02. The minimum Gasteiger partial charge on any atom is -0.490 e. The molecule has 3 rings (SSSR count). The van der Waals surface area contributed by atoms with E-state index in [0.717, 1.165) is 16.8 Å². The molecule has 1 aliphatic heterocycles. The van der Waals surface area contributed by atoms with Crippen molar-refractivity contribution < 1.29 is 23.7 Å². The van der Waals surface area contributed by atoms with Gasteiger partial charge in [0.25, 0.3) is 0 Å². The highest BCUT2D eigenvalue weighted by molar-refractivity contribution is 5.71. The Hall–Kier alpha value is -3.67. The smallest absolute Gasteiger partial charge is 0.343 e. The molecule has 28 heavy (non-hydrogen) atoms. The number of nitrogens with two attached hydrogens (primary N) is 1. The third-order valence-corrected chi connectivity index (χ3v) is 4.30. The maximum absolute atomic E-state index is 11.4. The molecule has 2 heterocycles. The van der Waals surface area contributed by atoms with E-state index in [9.17, 15) is 10.1 Å². The summed E-state index contributed by atoms with van der Waals surface area (Å²) in [4.78, 5) is 11.4. The number of nitrogens with one attached hydrogen (secondary N) is 1. The summed E-state index contributed by atoms with van der Waals surface area (Å²) in [5.74, 6) is 0.202. The van der Waals surface area contributed by atoms with Crippen molar-refractivity contribution >= 4 is 5.97 Å². The van der Waals surface area contributed by atoms with Gasteiger partial charge in [-0.3, -0.25) is 5.10 Å². The predicted octanol–water partition coefficient (Wildman–Crippen LogP) is 1.89. The Kier molecular flexibility index (Phi) is 5.40. The maximum atomic E-state index is 11.4. The van der Waals surface area contributed by atoms with Crippen molar-refractivity contribution in [2.75, 3.05) is 20.3 Å². The van der Waals surface area contributed by atoms with E-state index in [1.165, 1.54) is 7.11 Å². The SMILES string of the molecule is CCOc1cc([C@@H]2C(C#N)=C(N)Oc3n[nH]c(C)c32)ccc1OCC(=O)OC. The molecule has 3 N–H and O–H groups in total. The summed E-state index contributed by atoms with van der Waals surface area (Å²) in [5, 5.41) is 16.6. The van der Waals surface area contributed by atoms with Crippen molar-refractivity contribution in [2.45, 2.75) is 19.8 Å². The minimum atomic E-state index is -0.503. The maximum Gasteiger partial charge on any atom is 0.343 e. The molecule has 0 saturated heterocycles. The highest BCUT2D eigenvalue weighted by Crippen LogP contribution is 2.44. The molecule has 1 aromatic heterocycles. The number of nitrogens with zero attached hydrogens (tertiary/aromatic N) is 2. The second-order valence-corrected chi connectivity index (χ2v) is 6.00. The number of fused-ring (bicyclic) bond motifs is 1. The number of benzene rings is 1. The Morgan fingerprint density at radius 2 is 2.18 bits per heavy atom. The van der Waals surface area contributed by atoms with E-state index in [0.29, 0.717) is 24.0 Å². The first-order valence-electron chi connectivity index (χ1n) is 8.58. The standard InChI is InChI=1S/C19H20N4O5/c1-4-26-14-7-11(5-6-13(14)27-9-15(24)25-3)17-12(8-20)18(21)28-19-16(17)10(2)22-23-19/h5-7,17H,4,9,21H2,1-3H3,(H,22,23)/t17-/m1/s1. The highest BCUT2D eigenvalue weighted by atomic mass is 16.6. The van der Waals surface area contributed by atoms with E-state index in [1.54, 1.807) is 18.2 Å². The molecule has 0 fully saturated rings. The zero-order valence-electron chi connectivity index (χ0n) is 15.7. The second-order valence-electron chi connectivity index (χ2n) is 6.00. The second kappa shape index (κ2) is 7.92. The van der Waals surface area contributed by atoms with Crippen molar-refractivity contribution in [3.8, 4) is 23.4 Å². The first-order chi connectivity index (χ1) is 13.5. The predicted molar refractivity (Wildman–Crippen MR) is 97.7 cm³/mol. The summed E-state index contributed by atoms with van der Waals surface area (Å²) >= 11 is 0. The number of H-pyrrole nitrogens is 1. The van der Waals surface area contributed by atoms with Crippen molar-refractivity contribution in [1.29, 1.82) is 5.26 Å². The van der Waals surface area contributed by atoms with Crippen LogP contribution in [0.15, 0.2) is 29.7 Å². The Bertz CT molecular complexity index is 973. The summed E-state index contributed by atoms with van der Waals surface area (Å²) in [6.45, 7) is 3.83. The molecule has 1 aromatic carbocycles. The summed E-state index contributed by atoms with van der Waals surface area (Å²) in [5.41, 5.74) is 8.47. The normalized spacial score (nSPS) is 15.3. The zero-order valence-corrected chi connectivity index (χ0v) is 15.7. The minimum absolute atomic E-state index is 0.00970. The van der Waals surface area contributed by atoms with Crippen LogP contribution in [0.1, 0.15) is 29.7 Å². The average molecular weight is 384 g/mol. The first-order valence-corrected chi connectivity index (χ1v) is 8.58. The van der Waals surface area contributed by atoms with Gasteiger partial charge in [0, 0.05) is 11.3 Å². The van der Waals surface area contributed by atoms with Gasteiger partial charge < -0.3 is 24.7 Å². The third kappa shape index (κ3) is 3.44. The van der Waals surface area contributed by atoms with Crippen LogP contribution >= 0.6 is 0 Å². The van der Waals surface area contributed by atoms with Crippen molar-refractivity contribution in [3.63, 3.8) is 0 Å². The van der Waals surface area contributed by atoms with E-state index in [4.69, 9.17) is 19.9 Å². The van der Waals surface area contributed by atoms with E-state index in [1.807, 2.05) is 13.8 Å². The lowest BCUT2D eigenvalue weighted by atomic mass is 9.84. The molecule has 1 atom stereocenters. The van der Waals surface area contributed by atoms with E-state index in [-0.39, 0.29) is 18.1 Å². The molecule has 0 spiro atoms. The Balaban J connectivity index is 2.05. The van der Waals surface area contributed by atoms with Crippen molar-refractivity contribution in [1.82, 2.24) is 10.2 Å². The number of hydrogen-bond acceptors (Lipinski definition) is 8. The van der Waals surface area contributed by atoms with Gasteiger partial charge in [-0.25, -0.2) is 4.79 Å². The van der Waals surface area contributed by atoms with Crippen LogP contribution < -0.4 is 19.9 Å². The number of aromatic nitrogens is 2. The number of nitriles is 1. The van der Waals surface area contributed by atoms with E-state index < -0.39 is 11.9 Å². The van der Waals surface area contributed by atoms with Crippen LogP contribution in [-0.2, 0) is 9.53 Å². The summed E-state index contributed by atoms with van der Waals surface area (Å²) in [7, 11) is 1.29. The van der Waals surface area contributed by atoms with Gasteiger partial charge in [0.05, 0.1) is 19.6 Å². The van der Waals surface area contributed by atoms with Crippen LogP contribution in [-0.4, -0.2) is 36.5 Å². The van der Waals surface area contributed by atoms with Gasteiger partial charge in [0.2, 0.25) is 11.8 Å². The number of aryl methyl sites for hydroxylation is 1. The molecule has 0 unspecified atom stereocenters. The molecule has 0 aliphatic carbocycles. The van der Waals surface area contributed by atoms with Gasteiger partial charge in [-0.05, 0) is 31.5 Å². The van der Waals surface area contributed by atoms with Gasteiger partial charge in [0.1, 0.15) is 11.6 Å². The molecule has 146 valence electrons. The van der Waals surface area contributed by atoms with Crippen LogP contribution in [0.4, 0.5) is 0 Å². The molecular weight excluding hydrogens is 364 g/mol. The van der Waals surface area contributed by atoms with Crippen molar-refractivity contribution in [2.24, 2.45) is 5.73 Å². The Morgan fingerprint density at radius 3 is 2.86 bits per heavy atom. The molecule has 1 aliphatic rings. The third-order valence-electron chi connectivity index (χ3n) is 4.30. The first kappa shape index (κ1) is 19.1. The lowest BCUT2D eigenvalue weighted by Crippen LogP contribution is -2.21. The average Bonchev–Trinajstić information content (AvgIpc) is 3.06. The van der Waals surface area contributed by atoms with Crippen LogP contribution in [0.3, 0.4) is 0 Å². The fourth-order valence-corrected chi connectivity index (χ4v) is 3.02. The highest BCUT2D eigenvalue weighted by Gasteiger charge is 2.34. The molecule has 0 radical (unpaired) electrons. The number of hydrogen-bond donors (Lipinski definition) is 2. The van der Waals surface area contributed by atoms with Crippen molar-refractivity contribution in [3.05, 3.63) is 46.5 Å². The summed E-state index contributed by atoms with van der Waals surface area (Å²) < 4.78 is 21.2.